The van der Waals surface area contributed by atoms with Gasteiger partial charge in [0.2, 0.25) is 17.7 Å². The third kappa shape index (κ3) is 13.6. The number of amides is 5. The summed E-state index contributed by atoms with van der Waals surface area (Å²) in [5.41, 5.74) is 10.5. The van der Waals surface area contributed by atoms with Gasteiger partial charge < -0.3 is 25.3 Å². The van der Waals surface area contributed by atoms with E-state index in [1.165, 1.54) is 49.5 Å². The topological polar surface area (TPSA) is 200 Å². The Morgan fingerprint density at radius 2 is 1.58 bits per heavy atom. The SMILES string of the molecule is Cc1ncsc1-c1ccc(CNC(=O)C2CCCN2C(=O)C(NC(=O)C2CCN(c3ccc(SNC(=O)c4nc(N5CCc6cccc(C(=O)Nc7nc8ccccc8s7)c6C5)ccc4-c4cnn(CC5CCCCC5)c4C)cc3F)CC2)C(C)(C)C)cc1. The molecule has 17 nitrogen and oxygen atoms in total. The van der Waals surface area contributed by atoms with E-state index in [0.717, 1.165) is 72.8 Å². The molecule has 462 valence electrons. The maximum atomic E-state index is 16.3. The molecule has 89 heavy (non-hydrogen) atoms. The van der Waals surface area contributed by atoms with E-state index in [4.69, 9.17) is 10.1 Å². The number of para-hydroxylation sites is 1. The van der Waals surface area contributed by atoms with Crippen molar-refractivity contribution < 1.29 is 28.4 Å². The van der Waals surface area contributed by atoms with E-state index in [1.54, 1.807) is 28.4 Å². The minimum atomic E-state index is -0.864. The van der Waals surface area contributed by atoms with Crippen molar-refractivity contribution in [2.24, 2.45) is 17.3 Å². The molecule has 4 aliphatic rings. The van der Waals surface area contributed by atoms with Crippen LogP contribution in [0.4, 0.5) is 21.0 Å². The first-order valence-electron chi connectivity index (χ1n) is 31.0. The van der Waals surface area contributed by atoms with Gasteiger partial charge >= 0.3 is 0 Å². The first-order valence-corrected chi connectivity index (χ1v) is 33.5. The van der Waals surface area contributed by atoms with Gasteiger partial charge in [0.1, 0.15) is 29.4 Å². The average molecular weight is 1260 g/mol. The fourth-order valence-electron chi connectivity index (χ4n) is 13.0. The standard InChI is InChI=1S/C68H75FN12O5S3/c1-41-60(87-40-71-41)46-22-20-43(21-23-46)36-70-64(84)56-18-12-31-80(56)66(86)61(68(3,4)5)75-62(82)47-29-32-78(33-30-47)55-26-24-48(35-53(55)69)89-77-65(85)59-49(51-37-72-81(42(51)2)38-44-13-7-6-8-14-44)25-27-58(74-59)79-34-28-45-15-11-16-50(52(45)39-79)63(83)76-67-73-54-17-9-10-19-57(54)88-67/h9-11,15-17,19-27,35,37,40,44,47,56,61H,6-8,12-14,18,28-34,36,38-39H2,1-5H3,(H,70,84)(H,75,82)(H,77,85)(H,73,76,83). The van der Waals surface area contributed by atoms with Gasteiger partial charge in [-0.1, -0.05) is 99.9 Å². The smallest absolute Gasteiger partial charge is 0.280 e. The first kappa shape index (κ1) is 61.2. The number of aryl methyl sites for hydroxylation is 1. The Balaban J connectivity index is 0.686. The minimum Gasteiger partial charge on any atom is -0.369 e. The van der Waals surface area contributed by atoms with Gasteiger partial charge in [0, 0.05) is 79.0 Å². The Morgan fingerprint density at radius 1 is 0.787 bits per heavy atom. The summed E-state index contributed by atoms with van der Waals surface area (Å²) in [4.78, 5) is 92.1. The lowest BCUT2D eigenvalue weighted by Crippen LogP contribution is -2.58. The van der Waals surface area contributed by atoms with Gasteiger partial charge in [-0.25, -0.2) is 19.3 Å². The zero-order chi connectivity index (χ0) is 61.9. The molecule has 4 aromatic heterocycles. The zero-order valence-electron chi connectivity index (χ0n) is 50.9. The van der Waals surface area contributed by atoms with Crippen LogP contribution in [-0.4, -0.2) is 97.4 Å². The monoisotopic (exact) mass is 1250 g/mol. The highest BCUT2D eigenvalue weighted by atomic mass is 32.2. The Bertz CT molecular complexity index is 3900. The van der Waals surface area contributed by atoms with Gasteiger partial charge in [0.25, 0.3) is 11.8 Å². The fourth-order valence-corrected chi connectivity index (χ4v) is 15.3. The number of benzene rings is 4. The molecule has 12 rings (SSSR count). The predicted molar refractivity (Wildman–Crippen MR) is 350 cm³/mol. The van der Waals surface area contributed by atoms with Crippen molar-refractivity contribution in [2.75, 3.05) is 41.3 Å². The van der Waals surface area contributed by atoms with Gasteiger partial charge in [-0.15, -0.1) is 11.3 Å². The van der Waals surface area contributed by atoms with Crippen LogP contribution in [0.2, 0.25) is 0 Å². The molecule has 21 heteroatoms. The number of pyridine rings is 1. The highest BCUT2D eigenvalue weighted by Gasteiger charge is 2.43. The number of fused-ring (bicyclic) bond motifs is 2. The van der Waals surface area contributed by atoms with Crippen LogP contribution in [0.25, 0.3) is 31.8 Å². The summed E-state index contributed by atoms with van der Waals surface area (Å²) in [5, 5.41) is 14.5. The molecule has 2 saturated heterocycles. The number of nitrogens with one attached hydrogen (secondary N) is 4. The number of carbonyl (C=O) groups is 5. The number of rotatable bonds is 17. The van der Waals surface area contributed by atoms with Crippen LogP contribution in [0, 0.1) is 36.9 Å². The molecule has 0 spiro atoms. The molecule has 7 heterocycles. The molecular weight excluding hydrogens is 1180 g/mol. The van der Waals surface area contributed by atoms with E-state index < -0.39 is 35.1 Å². The molecular formula is C68H75FN12O5S3. The summed E-state index contributed by atoms with van der Waals surface area (Å²) in [7, 11) is 0. The third-order valence-electron chi connectivity index (χ3n) is 18.1. The number of hydrogen-bond donors (Lipinski definition) is 4. The molecule has 1 aliphatic carbocycles. The second-order valence-electron chi connectivity index (χ2n) is 25.0. The van der Waals surface area contributed by atoms with Crippen LogP contribution in [0.15, 0.2) is 114 Å². The highest BCUT2D eigenvalue weighted by molar-refractivity contribution is 7.98. The van der Waals surface area contributed by atoms with Gasteiger partial charge in [-0.3, -0.25) is 38.7 Å². The molecule has 2 unspecified atom stereocenters. The van der Waals surface area contributed by atoms with Crippen molar-refractivity contribution in [3.05, 3.63) is 154 Å². The summed E-state index contributed by atoms with van der Waals surface area (Å²) < 4.78 is 22.3. The number of halogens is 1. The fraction of sp³-hybridized carbons (Fsp3) is 0.397. The van der Waals surface area contributed by atoms with Gasteiger partial charge in [0.15, 0.2) is 5.13 Å². The highest BCUT2D eigenvalue weighted by Crippen LogP contribution is 2.36. The third-order valence-corrected chi connectivity index (χ3v) is 20.8. The molecule has 5 amide bonds. The maximum absolute atomic E-state index is 16.3. The quantitative estimate of drug-likeness (QED) is 0.0630. The number of thiazole rings is 2. The van der Waals surface area contributed by atoms with Crippen molar-refractivity contribution in [1.82, 2.24) is 45.0 Å². The van der Waals surface area contributed by atoms with Crippen molar-refractivity contribution in [1.29, 1.82) is 0 Å². The van der Waals surface area contributed by atoms with Crippen LogP contribution in [0.3, 0.4) is 0 Å². The summed E-state index contributed by atoms with van der Waals surface area (Å²) in [6.45, 7) is 13.2. The van der Waals surface area contributed by atoms with E-state index >= 15 is 4.39 Å². The van der Waals surface area contributed by atoms with Crippen molar-refractivity contribution >= 4 is 91.0 Å². The lowest BCUT2D eigenvalue weighted by atomic mass is 9.84. The number of anilines is 3. The molecule has 0 bridgehead atoms. The molecule has 0 radical (unpaired) electrons. The van der Waals surface area contributed by atoms with Crippen LogP contribution in [-0.2, 0) is 40.4 Å². The number of hydrogen-bond acceptors (Lipinski definition) is 14. The normalized spacial score (nSPS) is 16.9. The second-order valence-corrected chi connectivity index (χ2v) is 27.8. The Kier molecular flexibility index (Phi) is 18.3. The number of nitrogens with zero attached hydrogens (tertiary/aromatic N) is 8. The second kappa shape index (κ2) is 26.6. The first-order chi connectivity index (χ1) is 43.0. The molecule has 4 N–H and O–H groups in total. The van der Waals surface area contributed by atoms with E-state index in [-0.39, 0.29) is 29.3 Å². The number of piperidine rings is 1. The molecule has 3 aliphatic heterocycles. The zero-order valence-corrected chi connectivity index (χ0v) is 53.4. The molecule has 4 aromatic carbocycles. The molecule has 1 saturated carbocycles. The number of likely N-dealkylation sites (tertiary alicyclic amines) is 1. The Hall–Kier alpha value is -8.01. The summed E-state index contributed by atoms with van der Waals surface area (Å²) in [6.07, 6.45) is 10.6. The van der Waals surface area contributed by atoms with Gasteiger partial charge in [-0.2, -0.15) is 5.10 Å². The van der Waals surface area contributed by atoms with Crippen LogP contribution in [0.5, 0.6) is 0 Å². The summed E-state index contributed by atoms with van der Waals surface area (Å²) in [5.74, 6) is -1.17. The molecule has 3 fully saturated rings. The largest absolute Gasteiger partial charge is 0.369 e. The summed E-state index contributed by atoms with van der Waals surface area (Å²) in [6, 6.07) is 28.9. The van der Waals surface area contributed by atoms with E-state index in [2.05, 4.69) is 41.6 Å². The van der Waals surface area contributed by atoms with E-state index in [1.807, 2.05) is 129 Å². The maximum Gasteiger partial charge on any atom is 0.280 e. The van der Waals surface area contributed by atoms with Crippen molar-refractivity contribution in [3.8, 4) is 21.6 Å². The minimum absolute atomic E-state index is 0.199. The van der Waals surface area contributed by atoms with Crippen LogP contribution in [0.1, 0.15) is 127 Å². The summed E-state index contributed by atoms with van der Waals surface area (Å²) >= 11 is 4.03. The van der Waals surface area contributed by atoms with Gasteiger partial charge in [-0.05, 0) is 153 Å². The van der Waals surface area contributed by atoms with E-state index in [9.17, 15) is 24.0 Å². The lowest BCUT2D eigenvalue weighted by Gasteiger charge is -2.37. The lowest BCUT2D eigenvalue weighted by molar-refractivity contribution is -0.144. The van der Waals surface area contributed by atoms with Crippen molar-refractivity contribution in [3.63, 3.8) is 0 Å². The number of aromatic nitrogens is 5. The Morgan fingerprint density at radius 3 is 2.34 bits per heavy atom. The van der Waals surface area contributed by atoms with Crippen LogP contribution < -0.4 is 30.5 Å². The Labute approximate surface area is 530 Å². The van der Waals surface area contributed by atoms with Crippen molar-refractivity contribution in [2.45, 2.75) is 135 Å². The number of carbonyl (C=O) groups excluding carboxylic acids is 5. The average Bonchev–Trinajstić information content (AvgIpc) is 1.99. The van der Waals surface area contributed by atoms with Crippen LogP contribution >= 0.6 is 34.6 Å². The predicted octanol–water partition coefficient (Wildman–Crippen LogP) is 12.3. The van der Waals surface area contributed by atoms with Gasteiger partial charge in [0.05, 0.1) is 38.2 Å². The molecule has 2 atom stereocenters. The molecule has 8 aromatic rings. The van der Waals surface area contributed by atoms with E-state index in [0.29, 0.717) is 110 Å².